The minimum Gasteiger partial charge on any atom is -0.258 e. The van der Waals surface area contributed by atoms with Crippen LogP contribution < -0.4 is 0 Å². The van der Waals surface area contributed by atoms with Crippen LogP contribution in [0.5, 0.6) is 0 Å². The van der Waals surface area contributed by atoms with Crippen LogP contribution in [-0.4, -0.2) is 10.7 Å². The van der Waals surface area contributed by atoms with Crippen LogP contribution in [0.15, 0.2) is 18.2 Å². The molecule has 1 aromatic carbocycles. The lowest BCUT2D eigenvalue weighted by Crippen LogP contribution is -1.88. The van der Waals surface area contributed by atoms with Gasteiger partial charge in [0.15, 0.2) is 0 Å². The van der Waals surface area contributed by atoms with E-state index in [9.17, 15) is 10.1 Å². The van der Waals surface area contributed by atoms with E-state index in [0.29, 0.717) is 22.8 Å². The maximum absolute atomic E-state index is 10.5. The van der Waals surface area contributed by atoms with Gasteiger partial charge in [-0.15, -0.1) is 0 Å². The van der Waals surface area contributed by atoms with Gasteiger partial charge in [0.05, 0.1) is 9.95 Å². The van der Waals surface area contributed by atoms with Crippen molar-refractivity contribution in [3.8, 4) is 11.8 Å². The van der Waals surface area contributed by atoms with Gasteiger partial charge in [0.2, 0.25) is 0 Å². The summed E-state index contributed by atoms with van der Waals surface area (Å²) in [6.45, 7) is 0. The van der Waals surface area contributed by atoms with Gasteiger partial charge in [-0.1, -0.05) is 23.4 Å². The molecular weight excluding hydrogens is 234 g/mol. The van der Waals surface area contributed by atoms with E-state index in [1.54, 1.807) is 0 Å². The molecule has 0 heterocycles. The third-order valence-electron chi connectivity index (χ3n) is 1.62. The monoisotopic (exact) mass is 241 g/mol. The molecule has 0 N–H and O–H groups in total. The largest absolute Gasteiger partial charge is 0.270 e. The van der Waals surface area contributed by atoms with Crippen LogP contribution in [0.1, 0.15) is 12.0 Å². The summed E-state index contributed by atoms with van der Waals surface area (Å²) in [5.74, 6) is 6.25. The lowest BCUT2D eigenvalue weighted by atomic mass is 10.2. The van der Waals surface area contributed by atoms with Crippen LogP contribution in [0, 0.1) is 22.0 Å². The van der Waals surface area contributed by atoms with Crippen molar-refractivity contribution < 1.29 is 4.92 Å². The molecule has 3 nitrogen and oxygen atoms in total. The Morgan fingerprint density at radius 2 is 2.27 bits per heavy atom. The topological polar surface area (TPSA) is 43.1 Å². The highest BCUT2D eigenvalue weighted by Gasteiger charge is 2.07. The van der Waals surface area contributed by atoms with Gasteiger partial charge in [-0.2, -0.15) is 12.6 Å². The smallest absolute Gasteiger partial charge is 0.258 e. The number of hydrogen-bond acceptors (Lipinski definition) is 3. The zero-order valence-electron chi connectivity index (χ0n) is 7.74. The van der Waals surface area contributed by atoms with Gasteiger partial charge in [0, 0.05) is 29.9 Å². The predicted molar refractivity (Wildman–Crippen MR) is 63.5 cm³/mol. The zero-order valence-corrected chi connectivity index (χ0v) is 9.39. The Hall–Kier alpha value is -1.18. The molecule has 78 valence electrons. The normalized spacial score (nSPS) is 9.20. The molecule has 0 aliphatic carbocycles. The van der Waals surface area contributed by atoms with E-state index in [1.807, 2.05) is 0 Å². The molecule has 1 rings (SSSR count). The first-order valence-corrected chi connectivity index (χ1v) is 5.20. The fourth-order valence-electron chi connectivity index (χ4n) is 0.936. The maximum Gasteiger partial charge on any atom is 0.270 e. The molecule has 5 heteroatoms. The second-order valence-corrected chi connectivity index (χ2v) is 3.55. The molecule has 0 aliphatic rings. The third-order valence-corrected chi connectivity index (χ3v) is 2.17. The van der Waals surface area contributed by atoms with Crippen LogP contribution in [0.25, 0.3) is 0 Å². The number of nitro groups is 1. The van der Waals surface area contributed by atoms with Crippen LogP contribution >= 0.6 is 24.2 Å². The van der Waals surface area contributed by atoms with Crippen molar-refractivity contribution in [1.29, 1.82) is 0 Å². The molecule has 0 radical (unpaired) electrons. The highest BCUT2D eigenvalue weighted by atomic mass is 35.5. The van der Waals surface area contributed by atoms with Gasteiger partial charge in [-0.25, -0.2) is 0 Å². The van der Waals surface area contributed by atoms with Crippen molar-refractivity contribution in [1.82, 2.24) is 0 Å². The van der Waals surface area contributed by atoms with E-state index in [1.165, 1.54) is 18.2 Å². The molecule has 0 atom stereocenters. The molecule has 0 amide bonds. The molecule has 0 spiro atoms. The second kappa shape index (κ2) is 5.64. The summed E-state index contributed by atoms with van der Waals surface area (Å²) in [7, 11) is 0. The molecule has 0 fully saturated rings. The van der Waals surface area contributed by atoms with Gasteiger partial charge in [0.1, 0.15) is 0 Å². The number of nitro benzene ring substituents is 1. The molecular formula is C10H8ClNO2S. The number of thiol groups is 1. The summed E-state index contributed by atoms with van der Waals surface area (Å²) in [5.41, 5.74) is 0.474. The van der Waals surface area contributed by atoms with Crippen molar-refractivity contribution in [2.75, 3.05) is 5.75 Å². The number of benzene rings is 1. The SMILES string of the molecule is O=[N+]([O-])c1ccc(Cl)c(C#CCCS)c1. The van der Waals surface area contributed by atoms with Crippen LogP contribution in [0.2, 0.25) is 5.02 Å². The van der Waals surface area contributed by atoms with Crippen LogP contribution in [0.3, 0.4) is 0 Å². The van der Waals surface area contributed by atoms with Crippen molar-refractivity contribution in [2.24, 2.45) is 0 Å². The Kier molecular flexibility index (Phi) is 4.47. The number of halogens is 1. The van der Waals surface area contributed by atoms with Gasteiger partial charge < -0.3 is 0 Å². The van der Waals surface area contributed by atoms with Gasteiger partial charge in [-0.05, 0) is 6.07 Å². The Morgan fingerprint density at radius 3 is 2.87 bits per heavy atom. The first-order chi connectivity index (χ1) is 7.15. The molecule has 0 aromatic heterocycles. The fourth-order valence-corrected chi connectivity index (χ4v) is 1.21. The molecule has 15 heavy (non-hydrogen) atoms. The summed E-state index contributed by atoms with van der Waals surface area (Å²) >= 11 is 9.84. The molecule has 0 aliphatic heterocycles. The zero-order chi connectivity index (χ0) is 11.3. The maximum atomic E-state index is 10.5. The van der Waals surface area contributed by atoms with Gasteiger partial charge in [-0.3, -0.25) is 10.1 Å². The lowest BCUT2D eigenvalue weighted by molar-refractivity contribution is -0.384. The molecule has 0 bridgehead atoms. The number of hydrogen-bond donors (Lipinski definition) is 1. The Labute approximate surface area is 98.0 Å². The third kappa shape index (κ3) is 3.46. The van der Waals surface area contributed by atoms with E-state index in [0.717, 1.165) is 0 Å². The first-order valence-electron chi connectivity index (χ1n) is 4.19. The number of non-ortho nitro benzene ring substituents is 1. The minimum atomic E-state index is -0.472. The van der Waals surface area contributed by atoms with Crippen LogP contribution in [0.4, 0.5) is 5.69 Å². The first kappa shape index (κ1) is 11.9. The van der Waals surface area contributed by atoms with Crippen molar-refractivity contribution >= 4 is 29.9 Å². The van der Waals surface area contributed by atoms with E-state index >= 15 is 0 Å². The average molecular weight is 242 g/mol. The lowest BCUT2D eigenvalue weighted by Gasteiger charge is -1.95. The van der Waals surface area contributed by atoms with Gasteiger partial charge >= 0.3 is 0 Å². The van der Waals surface area contributed by atoms with E-state index < -0.39 is 4.92 Å². The van der Waals surface area contributed by atoms with Crippen molar-refractivity contribution in [3.05, 3.63) is 38.9 Å². The van der Waals surface area contributed by atoms with Crippen molar-refractivity contribution in [3.63, 3.8) is 0 Å². The summed E-state index contributed by atoms with van der Waals surface area (Å²) in [6, 6.07) is 4.20. The summed E-state index contributed by atoms with van der Waals surface area (Å²) < 4.78 is 0. The summed E-state index contributed by atoms with van der Waals surface area (Å²) in [5, 5.41) is 10.9. The molecule has 0 unspecified atom stereocenters. The minimum absolute atomic E-state index is 0.00502. The average Bonchev–Trinajstić information content (AvgIpc) is 2.20. The number of nitrogens with zero attached hydrogens (tertiary/aromatic N) is 1. The Bertz CT molecular complexity index is 437. The Balaban J connectivity index is 3.02. The highest BCUT2D eigenvalue weighted by molar-refractivity contribution is 7.80. The Morgan fingerprint density at radius 1 is 1.53 bits per heavy atom. The van der Waals surface area contributed by atoms with E-state index in [-0.39, 0.29) is 5.69 Å². The number of rotatable bonds is 2. The molecule has 0 saturated carbocycles. The van der Waals surface area contributed by atoms with Crippen molar-refractivity contribution in [2.45, 2.75) is 6.42 Å². The summed E-state index contributed by atoms with van der Waals surface area (Å²) in [6.07, 6.45) is 0.627. The van der Waals surface area contributed by atoms with E-state index in [2.05, 4.69) is 24.5 Å². The fraction of sp³-hybridized carbons (Fsp3) is 0.200. The highest BCUT2D eigenvalue weighted by Crippen LogP contribution is 2.20. The van der Waals surface area contributed by atoms with Crippen LogP contribution in [-0.2, 0) is 0 Å². The van der Waals surface area contributed by atoms with E-state index in [4.69, 9.17) is 11.6 Å². The summed E-state index contributed by atoms with van der Waals surface area (Å²) in [4.78, 5) is 10.0. The predicted octanol–water partition coefficient (Wildman–Crippen LogP) is 2.92. The standard InChI is InChI=1S/C10H8ClNO2S/c11-10-5-4-9(12(13)14)7-8(10)3-1-2-6-15/h4-5,7,15H,2,6H2. The quantitative estimate of drug-likeness (QED) is 0.374. The molecule has 1 aromatic rings. The molecule has 0 saturated heterocycles. The second-order valence-electron chi connectivity index (χ2n) is 2.70. The van der Waals surface area contributed by atoms with Gasteiger partial charge in [0.25, 0.3) is 5.69 Å².